The molecule has 6 heteroatoms. The summed E-state index contributed by atoms with van der Waals surface area (Å²) in [4.78, 5) is 16.1. The van der Waals surface area contributed by atoms with Gasteiger partial charge in [-0.05, 0) is 36.7 Å². The summed E-state index contributed by atoms with van der Waals surface area (Å²) in [7, 11) is 2.11. The number of benzene rings is 1. The lowest BCUT2D eigenvalue weighted by Crippen LogP contribution is -2.38. The van der Waals surface area contributed by atoms with Gasteiger partial charge in [0, 0.05) is 18.0 Å². The second kappa shape index (κ2) is 5.00. The van der Waals surface area contributed by atoms with Gasteiger partial charge in [0.2, 0.25) is 0 Å². The van der Waals surface area contributed by atoms with Crippen LogP contribution in [0.3, 0.4) is 0 Å². The van der Waals surface area contributed by atoms with Crippen LogP contribution in [0.5, 0.6) is 5.75 Å². The molecule has 1 atom stereocenters. The summed E-state index contributed by atoms with van der Waals surface area (Å²) in [5.74, 6) is 0.218. The number of rotatable bonds is 1. The standard InChI is InChI=1S/C16H17N3O2S/c1-19-7-6-11-12(8-19)22-16-13(11)15(21)17-14(18-16)9-2-4-10(20)5-3-9/h2-5,14,18,20H,6-8H2,1H3,(H,17,21)/t14-/m0/s1. The molecule has 1 aromatic carbocycles. The first-order valence-corrected chi connectivity index (χ1v) is 8.13. The first-order valence-electron chi connectivity index (χ1n) is 7.31. The van der Waals surface area contributed by atoms with Crippen molar-refractivity contribution in [2.24, 2.45) is 0 Å². The first-order chi connectivity index (χ1) is 10.6. The Morgan fingerprint density at radius 3 is 2.82 bits per heavy atom. The topological polar surface area (TPSA) is 64.6 Å². The number of nitrogens with zero attached hydrogens (tertiary/aromatic N) is 1. The van der Waals surface area contributed by atoms with E-state index in [0.29, 0.717) is 0 Å². The molecular formula is C16H17N3O2S. The maximum Gasteiger partial charge on any atom is 0.256 e. The number of aromatic hydroxyl groups is 1. The molecule has 0 saturated heterocycles. The smallest absolute Gasteiger partial charge is 0.256 e. The van der Waals surface area contributed by atoms with Crippen molar-refractivity contribution in [2.45, 2.75) is 19.1 Å². The monoisotopic (exact) mass is 315 g/mol. The fraction of sp³-hybridized carbons (Fsp3) is 0.312. The van der Waals surface area contributed by atoms with Gasteiger partial charge in [0.25, 0.3) is 5.91 Å². The Bertz CT molecular complexity index is 739. The number of amides is 1. The van der Waals surface area contributed by atoms with Crippen molar-refractivity contribution in [3.63, 3.8) is 0 Å². The minimum Gasteiger partial charge on any atom is -0.508 e. The Labute approximate surface area is 132 Å². The van der Waals surface area contributed by atoms with Crippen LogP contribution < -0.4 is 10.6 Å². The zero-order valence-corrected chi connectivity index (χ0v) is 13.0. The second-order valence-electron chi connectivity index (χ2n) is 5.84. The van der Waals surface area contributed by atoms with E-state index in [9.17, 15) is 9.90 Å². The summed E-state index contributed by atoms with van der Waals surface area (Å²) in [6.45, 7) is 1.90. The van der Waals surface area contributed by atoms with Gasteiger partial charge in [-0.3, -0.25) is 4.79 Å². The Hall–Kier alpha value is -2.05. The zero-order valence-electron chi connectivity index (χ0n) is 12.2. The SMILES string of the molecule is CN1CCc2c(sc3c2C(=O)N[C@H](c2ccc(O)cc2)N3)C1. The molecule has 5 nitrogen and oxygen atoms in total. The van der Waals surface area contributed by atoms with Crippen LogP contribution in [0.15, 0.2) is 24.3 Å². The number of nitrogens with one attached hydrogen (secondary N) is 2. The third kappa shape index (κ3) is 2.15. The molecule has 0 radical (unpaired) electrons. The van der Waals surface area contributed by atoms with Gasteiger partial charge in [-0.1, -0.05) is 12.1 Å². The van der Waals surface area contributed by atoms with Gasteiger partial charge in [-0.15, -0.1) is 11.3 Å². The maximum atomic E-state index is 12.5. The first kappa shape index (κ1) is 13.6. The molecule has 0 aliphatic carbocycles. The molecule has 1 amide bonds. The number of fused-ring (bicyclic) bond motifs is 3. The summed E-state index contributed by atoms with van der Waals surface area (Å²) >= 11 is 1.68. The Kier molecular flexibility index (Phi) is 3.09. The average Bonchev–Trinajstić information content (AvgIpc) is 2.85. The molecule has 22 heavy (non-hydrogen) atoms. The number of thiophene rings is 1. The Morgan fingerprint density at radius 2 is 2.05 bits per heavy atom. The average molecular weight is 315 g/mol. The van der Waals surface area contributed by atoms with Gasteiger partial charge in [0.15, 0.2) is 0 Å². The molecule has 114 valence electrons. The van der Waals surface area contributed by atoms with Crippen LogP contribution in [0.25, 0.3) is 0 Å². The summed E-state index contributed by atoms with van der Waals surface area (Å²) in [6, 6.07) is 6.90. The molecule has 3 heterocycles. The Balaban J connectivity index is 1.69. The van der Waals surface area contributed by atoms with Crippen molar-refractivity contribution in [1.82, 2.24) is 10.2 Å². The van der Waals surface area contributed by atoms with Crippen LogP contribution >= 0.6 is 11.3 Å². The molecule has 0 spiro atoms. The van der Waals surface area contributed by atoms with Crippen molar-refractivity contribution in [3.05, 3.63) is 45.8 Å². The fourth-order valence-corrected chi connectivity index (χ4v) is 4.43. The molecule has 2 aromatic rings. The van der Waals surface area contributed by atoms with Crippen molar-refractivity contribution >= 4 is 22.2 Å². The zero-order chi connectivity index (χ0) is 15.3. The summed E-state index contributed by atoms with van der Waals surface area (Å²) in [5, 5.41) is 16.8. The number of hydrogen-bond acceptors (Lipinski definition) is 5. The van der Waals surface area contributed by atoms with Crippen LogP contribution in [0.1, 0.15) is 32.5 Å². The van der Waals surface area contributed by atoms with Gasteiger partial charge in [-0.2, -0.15) is 0 Å². The number of carbonyl (C=O) groups is 1. The molecule has 0 unspecified atom stereocenters. The van der Waals surface area contributed by atoms with Crippen molar-refractivity contribution in [3.8, 4) is 5.75 Å². The third-order valence-electron chi connectivity index (χ3n) is 4.25. The van der Waals surface area contributed by atoms with E-state index in [2.05, 4.69) is 22.6 Å². The number of carbonyl (C=O) groups excluding carboxylic acids is 1. The molecule has 1 aromatic heterocycles. The molecule has 2 aliphatic heterocycles. The third-order valence-corrected chi connectivity index (χ3v) is 5.40. The maximum absolute atomic E-state index is 12.5. The van der Waals surface area contributed by atoms with E-state index in [1.165, 1.54) is 10.4 Å². The van der Waals surface area contributed by atoms with E-state index in [4.69, 9.17) is 0 Å². The lowest BCUT2D eigenvalue weighted by atomic mass is 10.0. The molecule has 3 N–H and O–H groups in total. The van der Waals surface area contributed by atoms with Crippen molar-refractivity contribution in [1.29, 1.82) is 0 Å². The highest BCUT2D eigenvalue weighted by atomic mass is 32.1. The molecule has 0 saturated carbocycles. The highest BCUT2D eigenvalue weighted by Crippen LogP contribution is 2.40. The van der Waals surface area contributed by atoms with E-state index in [1.807, 2.05) is 12.1 Å². The van der Waals surface area contributed by atoms with E-state index in [1.54, 1.807) is 23.5 Å². The quantitative estimate of drug-likeness (QED) is 0.755. The van der Waals surface area contributed by atoms with Crippen LogP contribution in [0.2, 0.25) is 0 Å². The summed E-state index contributed by atoms with van der Waals surface area (Å²) < 4.78 is 0. The van der Waals surface area contributed by atoms with Crippen LogP contribution in [0.4, 0.5) is 5.00 Å². The molecule has 0 fully saturated rings. The van der Waals surface area contributed by atoms with E-state index < -0.39 is 0 Å². The predicted octanol–water partition coefficient (Wildman–Crippen LogP) is 2.30. The number of likely N-dealkylation sites (N-methyl/N-ethyl adjacent to an activating group) is 1. The lowest BCUT2D eigenvalue weighted by molar-refractivity contribution is 0.0935. The van der Waals surface area contributed by atoms with Crippen molar-refractivity contribution < 1.29 is 9.90 Å². The van der Waals surface area contributed by atoms with Gasteiger partial charge in [0.05, 0.1) is 5.56 Å². The molecule has 2 aliphatic rings. The number of phenols is 1. The largest absolute Gasteiger partial charge is 0.508 e. The molecular weight excluding hydrogens is 298 g/mol. The van der Waals surface area contributed by atoms with Crippen LogP contribution in [-0.4, -0.2) is 29.5 Å². The van der Waals surface area contributed by atoms with Gasteiger partial charge in [0.1, 0.15) is 16.9 Å². The number of phenolic OH excluding ortho intramolecular Hbond substituents is 1. The van der Waals surface area contributed by atoms with E-state index in [-0.39, 0.29) is 17.8 Å². The molecule has 4 rings (SSSR count). The minimum atomic E-state index is -0.251. The summed E-state index contributed by atoms with van der Waals surface area (Å²) in [5.41, 5.74) is 2.95. The minimum absolute atomic E-state index is 0.00567. The van der Waals surface area contributed by atoms with Gasteiger partial charge < -0.3 is 20.6 Å². The Morgan fingerprint density at radius 1 is 1.27 bits per heavy atom. The normalized spacial score (nSPS) is 20.8. The fourth-order valence-electron chi connectivity index (χ4n) is 3.08. The highest BCUT2D eigenvalue weighted by molar-refractivity contribution is 7.16. The van der Waals surface area contributed by atoms with Crippen LogP contribution in [-0.2, 0) is 13.0 Å². The second-order valence-corrected chi connectivity index (χ2v) is 6.94. The highest BCUT2D eigenvalue weighted by Gasteiger charge is 2.32. The lowest BCUT2D eigenvalue weighted by Gasteiger charge is -2.27. The van der Waals surface area contributed by atoms with Crippen LogP contribution in [0, 0.1) is 0 Å². The summed E-state index contributed by atoms with van der Waals surface area (Å²) in [6.07, 6.45) is 0.676. The van der Waals surface area contributed by atoms with E-state index >= 15 is 0 Å². The predicted molar refractivity (Wildman–Crippen MR) is 86.3 cm³/mol. The number of anilines is 1. The molecule has 0 bridgehead atoms. The van der Waals surface area contributed by atoms with E-state index in [0.717, 1.165) is 35.6 Å². The number of hydrogen-bond donors (Lipinski definition) is 3. The van der Waals surface area contributed by atoms with Crippen molar-refractivity contribution in [2.75, 3.05) is 18.9 Å². The van der Waals surface area contributed by atoms with Gasteiger partial charge >= 0.3 is 0 Å². The van der Waals surface area contributed by atoms with Gasteiger partial charge in [-0.25, -0.2) is 0 Å².